The monoisotopic (exact) mass is 149 g/mol. The van der Waals surface area contributed by atoms with Crippen molar-refractivity contribution in [3.63, 3.8) is 0 Å². The molecule has 2 aliphatic rings. The predicted molar refractivity (Wildman–Crippen MR) is 48.2 cm³/mol. The average Bonchev–Trinajstić information content (AvgIpc) is 2.01. The lowest BCUT2D eigenvalue weighted by molar-refractivity contribution is 0.367. The third-order valence-electron chi connectivity index (χ3n) is 3.39. The van der Waals surface area contributed by atoms with Gasteiger partial charge < -0.3 is 0 Å². The van der Waals surface area contributed by atoms with Crippen LogP contribution < -0.4 is 0 Å². The molecule has 0 heteroatoms. The van der Waals surface area contributed by atoms with Gasteiger partial charge in [0.25, 0.3) is 0 Å². The first kappa shape index (κ1) is 7.39. The van der Waals surface area contributed by atoms with E-state index in [1.165, 1.54) is 32.1 Å². The van der Waals surface area contributed by atoms with Crippen LogP contribution in [0, 0.1) is 11.8 Å². The molecule has 0 aliphatic heterocycles. The molecular weight excluding hydrogens is 132 g/mol. The zero-order valence-corrected chi connectivity index (χ0v) is 7.61. The van der Waals surface area contributed by atoms with Crippen LogP contribution in [-0.4, -0.2) is 0 Å². The van der Waals surface area contributed by atoms with Crippen molar-refractivity contribution in [2.75, 3.05) is 0 Å². The standard InChI is InChI=1S/C11H17/c1-8-6-10-4-3-5-11(7-10)9(8)2/h10H,3-7H2,1-2H3. The van der Waals surface area contributed by atoms with E-state index in [1.807, 2.05) is 0 Å². The van der Waals surface area contributed by atoms with E-state index >= 15 is 0 Å². The molecule has 2 bridgehead atoms. The maximum atomic E-state index is 2.31. The van der Waals surface area contributed by atoms with E-state index in [2.05, 4.69) is 13.8 Å². The van der Waals surface area contributed by atoms with Gasteiger partial charge in [0, 0.05) is 5.92 Å². The highest BCUT2D eigenvalue weighted by Crippen LogP contribution is 2.43. The molecule has 0 aromatic carbocycles. The molecule has 11 heavy (non-hydrogen) atoms. The molecule has 0 amide bonds. The summed E-state index contributed by atoms with van der Waals surface area (Å²) in [5.74, 6) is 2.78. The van der Waals surface area contributed by atoms with Crippen LogP contribution in [0.25, 0.3) is 0 Å². The molecule has 1 saturated carbocycles. The van der Waals surface area contributed by atoms with Crippen molar-refractivity contribution in [3.05, 3.63) is 17.1 Å². The quantitative estimate of drug-likeness (QED) is 0.494. The highest BCUT2D eigenvalue weighted by molar-refractivity contribution is 5.31. The molecule has 0 saturated heterocycles. The van der Waals surface area contributed by atoms with Crippen LogP contribution in [0.2, 0.25) is 0 Å². The van der Waals surface area contributed by atoms with E-state index in [4.69, 9.17) is 0 Å². The van der Waals surface area contributed by atoms with Gasteiger partial charge in [0.2, 0.25) is 0 Å². The van der Waals surface area contributed by atoms with Gasteiger partial charge in [-0.25, -0.2) is 0 Å². The Morgan fingerprint density at radius 1 is 1.18 bits per heavy atom. The number of allylic oxidation sites excluding steroid dienone is 2. The minimum Gasteiger partial charge on any atom is -0.0735 e. The summed E-state index contributed by atoms with van der Waals surface area (Å²) in [7, 11) is 0. The molecule has 1 fully saturated rings. The summed E-state index contributed by atoms with van der Waals surface area (Å²) in [6.07, 6.45) is 7.12. The maximum absolute atomic E-state index is 2.31. The SMILES string of the molecule is CC1=C(C)[C]2CCCC(C2)C1. The van der Waals surface area contributed by atoms with Crippen LogP contribution in [0.4, 0.5) is 0 Å². The van der Waals surface area contributed by atoms with Gasteiger partial charge in [0.1, 0.15) is 0 Å². The zero-order chi connectivity index (χ0) is 7.84. The van der Waals surface area contributed by atoms with Gasteiger partial charge >= 0.3 is 0 Å². The summed E-state index contributed by atoms with van der Waals surface area (Å²) in [5.41, 5.74) is 3.30. The Hall–Kier alpha value is -0.260. The average molecular weight is 149 g/mol. The van der Waals surface area contributed by atoms with E-state index in [0.717, 1.165) is 5.92 Å². The maximum Gasteiger partial charge on any atom is 0.000811 e. The molecule has 61 valence electrons. The van der Waals surface area contributed by atoms with Crippen LogP contribution >= 0.6 is 0 Å². The molecule has 0 N–H and O–H groups in total. The fourth-order valence-electron chi connectivity index (χ4n) is 2.56. The summed E-state index contributed by atoms with van der Waals surface area (Å²) in [4.78, 5) is 0. The van der Waals surface area contributed by atoms with Crippen LogP contribution in [0.3, 0.4) is 0 Å². The van der Waals surface area contributed by atoms with Crippen molar-refractivity contribution in [2.24, 2.45) is 5.92 Å². The molecule has 1 atom stereocenters. The number of rotatable bonds is 0. The Morgan fingerprint density at radius 2 is 2.00 bits per heavy atom. The van der Waals surface area contributed by atoms with E-state index in [-0.39, 0.29) is 0 Å². The van der Waals surface area contributed by atoms with Crippen molar-refractivity contribution >= 4 is 0 Å². The minimum atomic E-state index is 1.02. The summed E-state index contributed by atoms with van der Waals surface area (Å²) < 4.78 is 0. The minimum absolute atomic E-state index is 1.02. The van der Waals surface area contributed by atoms with Crippen molar-refractivity contribution < 1.29 is 0 Å². The van der Waals surface area contributed by atoms with Gasteiger partial charge in [-0.3, -0.25) is 0 Å². The van der Waals surface area contributed by atoms with Crippen LogP contribution in [0.5, 0.6) is 0 Å². The third kappa shape index (κ3) is 1.23. The first-order valence-electron chi connectivity index (χ1n) is 4.79. The molecule has 2 aliphatic carbocycles. The largest absolute Gasteiger partial charge is 0.0735 e. The fraction of sp³-hybridized carbons (Fsp3) is 0.727. The van der Waals surface area contributed by atoms with E-state index in [0.29, 0.717) is 0 Å². The highest BCUT2D eigenvalue weighted by atomic mass is 14.3. The van der Waals surface area contributed by atoms with Crippen molar-refractivity contribution in [1.82, 2.24) is 0 Å². The van der Waals surface area contributed by atoms with Crippen LogP contribution in [-0.2, 0) is 0 Å². The Labute approximate surface area is 69.7 Å². The lowest BCUT2D eigenvalue weighted by atomic mass is 9.70. The van der Waals surface area contributed by atoms with Gasteiger partial charge in [-0.1, -0.05) is 24.0 Å². The highest BCUT2D eigenvalue weighted by Gasteiger charge is 2.28. The lowest BCUT2D eigenvalue weighted by Gasteiger charge is -2.35. The van der Waals surface area contributed by atoms with Gasteiger partial charge in [-0.2, -0.15) is 0 Å². The lowest BCUT2D eigenvalue weighted by Crippen LogP contribution is -2.20. The molecule has 0 heterocycles. The number of hydrogen-bond donors (Lipinski definition) is 0. The molecule has 0 nitrogen and oxygen atoms in total. The van der Waals surface area contributed by atoms with Crippen molar-refractivity contribution in [3.8, 4) is 0 Å². The number of fused-ring (bicyclic) bond motifs is 2. The zero-order valence-electron chi connectivity index (χ0n) is 7.61. The second-order valence-electron chi connectivity index (χ2n) is 4.18. The Bertz CT molecular complexity index is 188. The predicted octanol–water partition coefficient (Wildman–Crippen LogP) is 3.49. The van der Waals surface area contributed by atoms with Crippen LogP contribution in [0.1, 0.15) is 46.0 Å². The Morgan fingerprint density at radius 3 is 2.82 bits per heavy atom. The molecule has 1 unspecified atom stereocenters. The summed E-state index contributed by atoms with van der Waals surface area (Å²) in [5, 5.41) is 0. The van der Waals surface area contributed by atoms with E-state index in [1.54, 1.807) is 17.1 Å². The fourth-order valence-corrected chi connectivity index (χ4v) is 2.56. The molecular formula is C11H17. The van der Waals surface area contributed by atoms with Gasteiger partial charge in [0.15, 0.2) is 0 Å². The van der Waals surface area contributed by atoms with E-state index < -0.39 is 0 Å². The van der Waals surface area contributed by atoms with Crippen molar-refractivity contribution in [1.29, 1.82) is 0 Å². The van der Waals surface area contributed by atoms with Crippen molar-refractivity contribution in [2.45, 2.75) is 46.0 Å². The van der Waals surface area contributed by atoms with Gasteiger partial charge in [-0.15, -0.1) is 0 Å². The van der Waals surface area contributed by atoms with E-state index in [9.17, 15) is 0 Å². The molecule has 0 aromatic heterocycles. The first-order valence-corrected chi connectivity index (χ1v) is 4.79. The second kappa shape index (κ2) is 2.66. The first-order chi connectivity index (χ1) is 5.27. The Kier molecular flexibility index (Phi) is 1.78. The third-order valence-corrected chi connectivity index (χ3v) is 3.39. The smallest absolute Gasteiger partial charge is 0.000811 e. The molecule has 2 rings (SSSR count). The second-order valence-corrected chi connectivity index (χ2v) is 4.18. The van der Waals surface area contributed by atoms with Crippen LogP contribution in [0.15, 0.2) is 11.1 Å². The Balaban J connectivity index is 2.23. The number of hydrogen-bond acceptors (Lipinski definition) is 0. The summed E-state index contributed by atoms with van der Waals surface area (Å²) >= 11 is 0. The molecule has 0 aromatic rings. The summed E-state index contributed by atoms with van der Waals surface area (Å²) in [6, 6.07) is 0. The molecule has 0 spiro atoms. The normalized spacial score (nSPS) is 32.7. The molecule has 1 radical (unpaired) electrons. The summed E-state index contributed by atoms with van der Waals surface area (Å²) in [6.45, 7) is 4.62. The topological polar surface area (TPSA) is 0 Å². The van der Waals surface area contributed by atoms with Gasteiger partial charge in [0.05, 0.1) is 0 Å². The van der Waals surface area contributed by atoms with Gasteiger partial charge in [-0.05, 0) is 39.0 Å².